The maximum absolute atomic E-state index is 12.9. The van der Waals surface area contributed by atoms with Crippen LogP contribution in [0.1, 0.15) is 62.5 Å². The van der Waals surface area contributed by atoms with Crippen molar-refractivity contribution in [2.45, 2.75) is 65.5 Å². The van der Waals surface area contributed by atoms with Crippen molar-refractivity contribution in [1.82, 2.24) is 19.6 Å². The standard InChI is InChI=1S/C20H32N4O3/c1-5-16(6-2)13-23-14-20(27-19(23)26)8-10-22(11-9-20)18(25)17-12-21-24(7-3)15(17)4/h12,16H,5-11,13-14H2,1-4H3. The van der Waals surface area contributed by atoms with E-state index in [-0.39, 0.29) is 12.0 Å². The van der Waals surface area contributed by atoms with E-state index in [0.717, 1.165) is 31.6 Å². The van der Waals surface area contributed by atoms with Gasteiger partial charge in [0.2, 0.25) is 0 Å². The molecule has 2 aliphatic heterocycles. The molecule has 0 aliphatic carbocycles. The first-order valence-corrected chi connectivity index (χ1v) is 10.2. The van der Waals surface area contributed by atoms with Gasteiger partial charge in [0, 0.05) is 44.7 Å². The van der Waals surface area contributed by atoms with Gasteiger partial charge in [-0.25, -0.2) is 4.79 Å². The first-order valence-electron chi connectivity index (χ1n) is 10.2. The second kappa shape index (κ2) is 7.90. The van der Waals surface area contributed by atoms with Crippen molar-refractivity contribution in [2.75, 3.05) is 26.2 Å². The van der Waals surface area contributed by atoms with E-state index in [0.29, 0.717) is 44.0 Å². The minimum Gasteiger partial charge on any atom is -0.441 e. The van der Waals surface area contributed by atoms with Gasteiger partial charge in [-0.3, -0.25) is 9.48 Å². The number of hydrogen-bond acceptors (Lipinski definition) is 4. The highest BCUT2D eigenvalue weighted by Crippen LogP contribution is 2.34. The predicted octanol–water partition coefficient (Wildman–Crippen LogP) is 3.07. The number of ether oxygens (including phenoxy) is 1. The molecule has 2 amide bonds. The fraction of sp³-hybridized carbons (Fsp3) is 0.750. The van der Waals surface area contributed by atoms with Crippen LogP contribution in [0, 0.1) is 12.8 Å². The summed E-state index contributed by atoms with van der Waals surface area (Å²) in [6.45, 7) is 11.7. The summed E-state index contributed by atoms with van der Waals surface area (Å²) in [6.07, 6.45) is 5.01. The summed E-state index contributed by atoms with van der Waals surface area (Å²) < 4.78 is 7.64. The Balaban J connectivity index is 1.60. The molecule has 1 spiro atoms. The molecule has 2 fully saturated rings. The third kappa shape index (κ3) is 3.82. The van der Waals surface area contributed by atoms with E-state index in [4.69, 9.17) is 4.74 Å². The van der Waals surface area contributed by atoms with E-state index >= 15 is 0 Å². The Kier molecular flexibility index (Phi) is 5.77. The Hall–Kier alpha value is -2.05. The summed E-state index contributed by atoms with van der Waals surface area (Å²) in [5.74, 6) is 0.549. The van der Waals surface area contributed by atoms with Crippen LogP contribution in [-0.2, 0) is 11.3 Å². The molecule has 0 saturated carbocycles. The van der Waals surface area contributed by atoms with Gasteiger partial charge in [-0.2, -0.15) is 5.10 Å². The molecule has 7 nitrogen and oxygen atoms in total. The summed E-state index contributed by atoms with van der Waals surface area (Å²) in [6, 6.07) is 0. The van der Waals surface area contributed by atoms with Crippen molar-refractivity contribution >= 4 is 12.0 Å². The number of likely N-dealkylation sites (tertiary alicyclic amines) is 1. The minimum atomic E-state index is -0.428. The first kappa shape index (κ1) is 19.7. The molecular weight excluding hydrogens is 344 g/mol. The van der Waals surface area contributed by atoms with E-state index in [1.54, 1.807) is 6.20 Å². The Morgan fingerprint density at radius 2 is 1.93 bits per heavy atom. The second-order valence-corrected chi connectivity index (χ2v) is 7.87. The molecule has 0 aromatic carbocycles. The lowest BCUT2D eigenvalue weighted by Gasteiger charge is -2.37. The van der Waals surface area contributed by atoms with Crippen LogP contribution in [0.4, 0.5) is 4.79 Å². The highest BCUT2D eigenvalue weighted by molar-refractivity contribution is 5.95. The Bertz CT molecular complexity index is 687. The van der Waals surface area contributed by atoms with E-state index < -0.39 is 5.60 Å². The van der Waals surface area contributed by atoms with Crippen LogP contribution in [0.3, 0.4) is 0 Å². The molecule has 0 atom stereocenters. The number of carbonyl (C=O) groups excluding carboxylic acids is 2. The van der Waals surface area contributed by atoms with Crippen LogP contribution in [0.2, 0.25) is 0 Å². The molecule has 0 radical (unpaired) electrons. The lowest BCUT2D eigenvalue weighted by atomic mass is 9.90. The maximum Gasteiger partial charge on any atom is 0.410 e. The Morgan fingerprint density at radius 1 is 1.26 bits per heavy atom. The fourth-order valence-corrected chi connectivity index (χ4v) is 4.22. The van der Waals surface area contributed by atoms with Crippen LogP contribution in [0.15, 0.2) is 6.20 Å². The lowest BCUT2D eigenvalue weighted by Crippen LogP contribution is -2.49. The molecule has 0 N–H and O–H groups in total. The summed E-state index contributed by atoms with van der Waals surface area (Å²) in [7, 11) is 0. The highest BCUT2D eigenvalue weighted by atomic mass is 16.6. The molecule has 3 heterocycles. The topological polar surface area (TPSA) is 67.7 Å². The van der Waals surface area contributed by atoms with E-state index in [1.807, 2.05) is 28.3 Å². The van der Waals surface area contributed by atoms with Crippen molar-refractivity contribution in [3.63, 3.8) is 0 Å². The third-order valence-corrected chi connectivity index (χ3v) is 6.27. The van der Waals surface area contributed by atoms with Crippen LogP contribution in [0.25, 0.3) is 0 Å². The zero-order valence-electron chi connectivity index (χ0n) is 17.0. The van der Waals surface area contributed by atoms with Gasteiger partial charge >= 0.3 is 6.09 Å². The molecule has 1 aromatic heterocycles. The summed E-state index contributed by atoms with van der Waals surface area (Å²) in [5, 5.41) is 4.28. The fourth-order valence-electron chi connectivity index (χ4n) is 4.22. The molecule has 1 aromatic rings. The van der Waals surface area contributed by atoms with Gasteiger partial charge < -0.3 is 14.5 Å². The van der Waals surface area contributed by atoms with Gasteiger partial charge in [0.15, 0.2) is 0 Å². The molecule has 3 rings (SSSR count). The van der Waals surface area contributed by atoms with E-state index in [2.05, 4.69) is 18.9 Å². The molecule has 0 bridgehead atoms. The van der Waals surface area contributed by atoms with Crippen LogP contribution < -0.4 is 0 Å². The number of piperidine rings is 1. The number of aryl methyl sites for hydroxylation is 1. The summed E-state index contributed by atoms with van der Waals surface area (Å²) in [5.41, 5.74) is 1.15. The molecule has 0 unspecified atom stereocenters. The Morgan fingerprint density at radius 3 is 2.48 bits per heavy atom. The molecular formula is C20H32N4O3. The van der Waals surface area contributed by atoms with Crippen molar-refractivity contribution in [1.29, 1.82) is 0 Å². The average molecular weight is 377 g/mol. The van der Waals surface area contributed by atoms with Gasteiger partial charge in [0.05, 0.1) is 18.3 Å². The van der Waals surface area contributed by atoms with Crippen LogP contribution in [-0.4, -0.2) is 63.4 Å². The number of nitrogens with zero attached hydrogens (tertiary/aromatic N) is 4. The van der Waals surface area contributed by atoms with E-state index in [9.17, 15) is 9.59 Å². The maximum atomic E-state index is 12.9. The van der Waals surface area contributed by atoms with Crippen molar-refractivity contribution in [3.05, 3.63) is 17.5 Å². The van der Waals surface area contributed by atoms with Gasteiger partial charge in [0.1, 0.15) is 5.60 Å². The van der Waals surface area contributed by atoms with Gasteiger partial charge in [0.25, 0.3) is 5.91 Å². The Labute approximate surface area is 161 Å². The van der Waals surface area contributed by atoms with Gasteiger partial charge in [-0.15, -0.1) is 0 Å². The normalized spacial score (nSPS) is 19.2. The highest BCUT2D eigenvalue weighted by Gasteiger charge is 2.47. The molecule has 150 valence electrons. The number of carbonyl (C=O) groups is 2. The minimum absolute atomic E-state index is 0.0280. The average Bonchev–Trinajstić information content (AvgIpc) is 3.19. The largest absolute Gasteiger partial charge is 0.441 e. The predicted molar refractivity (Wildman–Crippen MR) is 103 cm³/mol. The van der Waals surface area contributed by atoms with Gasteiger partial charge in [-0.05, 0) is 19.8 Å². The van der Waals surface area contributed by atoms with Crippen molar-refractivity contribution < 1.29 is 14.3 Å². The SMILES string of the molecule is CCC(CC)CN1CC2(CCN(C(=O)c3cnn(CC)c3C)CC2)OC1=O. The molecule has 7 heteroatoms. The molecule has 2 aliphatic rings. The number of hydrogen-bond donors (Lipinski definition) is 0. The quantitative estimate of drug-likeness (QED) is 0.765. The second-order valence-electron chi connectivity index (χ2n) is 7.87. The van der Waals surface area contributed by atoms with Crippen LogP contribution in [0.5, 0.6) is 0 Å². The number of rotatable bonds is 6. The van der Waals surface area contributed by atoms with Crippen molar-refractivity contribution in [2.24, 2.45) is 5.92 Å². The lowest BCUT2D eigenvalue weighted by molar-refractivity contribution is 0.00310. The summed E-state index contributed by atoms with van der Waals surface area (Å²) in [4.78, 5) is 28.9. The zero-order chi connectivity index (χ0) is 19.6. The number of amides is 2. The summed E-state index contributed by atoms with van der Waals surface area (Å²) >= 11 is 0. The molecule has 27 heavy (non-hydrogen) atoms. The van der Waals surface area contributed by atoms with Gasteiger partial charge in [-0.1, -0.05) is 26.7 Å². The number of aromatic nitrogens is 2. The van der Waals surface area contributed by atoms with Crippen molar-refractivity contribution in [3.8, 4) is 0 Å². The smallest absolute Gasteiger partial charge is 0.410 e. The zero-order valence-corrected chi connectivity index (χ0v) is 17.0. The third-order valence-electron chi connectivity index (χ3n) is 6.27. The monoisotopic (exact) mass is 376 g/mol. The molecule has 2 saturated heterocycles. The van der Waals surface area contributed by atoms with Crippen LogP contribution >= 0.6 is 0 Å². The van der Waals surface area contributed by atoms with E-state index in [1.165, 1.54) is 0 Å². The first-order chi connectivity index (χ1) is 12.9.